The SMILES string of the molecule is O=C(c1ccc(CN2CCOCC2)cc1)N1CCC[C@H]1c1ccnc(-c2cccc(Cl)c2)n1. The molecule has 6 nitrogen and oxygen atoms in total. The average molecular weight is 463 g/mol. The topological polar surface area (TPSA) is 58.6 Å². The number of ether oxygens (including phenoxy) is 1. The molecule has 5 rings (SSSR count). The van der Waals surface area contributed by atoms with Crippen molar-refractivity contribution >= 4 is 17.5 Å². The first-order valence-corrected chi connectivity index (χ1v) is 11.8. The summed E-state index contributed by atoms with van der Waals surface area (Å²) in [5, 5.41) is 0.649. The van der Waals surface area contributed by atoms with Crippen LogP contribution < -0.4 is 0 Å². The van der Waals surface area contributed by atoms with Crippen molar-refractivity contribution in [3.8, 4) is 11.4 Å². The zero-order valence-corrected chi connectivity index (χ0v) is 19.2. The van der Waals surface area contributed by atoms with E-state index in [0.29, 0.717) is 10.8 Å². The predicted molar refractivity (Wildman–Crippen MR) is 128 cm³/mol. The van der Waals surface area contributed by atoms with E-state index in [1.807, 2.05) is 47.4 Å². The molecule has 0 spiro atoms. The molecule has 170 valence electrons. The minimum atomic E-state index is -0.0496. The lowest BCUT2D eigenvalue weighted by molar-refractivity contribution is 0.0342. The van der Waals surface area contributed by atoms with Gasteiger partial charge in [-0.25, -0.2) is 9.97 Å². The van der Waals surface area contributed by atoms with Crippen molar-refractivity contribution in [2.75, 3.05) is 32.8 Å². The second-order valence-electron chi connectivity index (χ2n) is 8.56. The van der Waals surface area contributed by atoms with Crippen molar-refractivity contribution in [3.63, 3.8) is 0 Å². The van der Waals surface area contributed by atoms with E-state index in [9.17, 15) is 4.79 Å². The maximum absolute atomic E-state index is 13.4. The van der Waals surface area contributed by atoms with E-state index in [-0.39, 0.29) is 11.9 Å². The van der Waals surface area contributed by atoms with Gasteiger partial charge in [0.25, 0.3) is 5.91 Å². The number of carbonyl (C=O) groups is 1. The lowest BCUT2D eigenvalue weighted by atomic mass is 10.1. The zero-order chi connectivity index (χ0) is 22.6. The summed E-state index contributed by atoms with van der Waals surface area (Å²) in [4.78, 5) is 26.9. The Kier molecular flexibility index (Phi) is 6.67. The number of likely N-dealkylation sites (tertiary alicyclic amines) is 1. The van der Waals surface area contributed by atoms with Gasteiger partial charge in [0, 0.05) is 48.5 Å². The molecule has 2 saturated heterocycles. The number of halogens is 1. The fraction of sp³-hybridized carbons (Fsp3) is 0.346. The molecule has 33 heavy (non-hydrogen) atoms. The van der Waals surface area contributed by atoms with E-state index in [4.69, 9.17) is 21.3 Å². The van der Waals surface area contributed by atoms with Gasteiger partial charge >= 0.3 is 0 Å². The maximum atomic E-state index is 13.4. The summed E-state index contributed by atoms with van der Waals surface area (Å²) < 4.78 is 5.42. The van der Waals surface area contributed by atoms with Gasteiger partial charge in [0.2, 0.25) is 0 Å². The number of rotatable bonds is 5. The number of benzene rings is 2. The number of hydrogen-bond donors (Lipinski definition) is 0. The smallest absolute Gasteiger partial charge is 0.254 e. The van der Waals surface area contributed by atoms with Gasteiger partial charge < -0.3 is 9.64 Å². The maximum Gasteiger partial charge on any atom is 0.254 e. The van der Waals surface area contributed by atoms with Crippen LogP contribution in [0.4, 0.5) is 0 Å². The lowest BCUT2D eigenvalue weighted by Crippen LogP contribution is -2.35. The molecule has 0 unspecified atom stereocenters. The van der Waals surface area contributed by atoms with Crippen molar-refractivity contribution < 1.29 is 9.53 Å². The third-order valence-corrected chi connectivity index (χ3v) is 6.56. The van der Waals surface area contributed by atoms with Gasteiger partial charge in [-0.2, -0.15) is 0 Å². The van der Waals surface area contributed by atoms with Crippen LogP contribution in [-0.4, -0.2) is 58.5 Å². The first kappa shape index (κ1) is 22.0. The highest BCUT2D eigenvalue weighted by molar-refractivity contribution is 6.30. The van der Waals surface area contributed by atoms with Gasteiger partial charge in [0.15, 0.2) is 5.82 Å². The van der Waals surface area contributed by atoms with Gasteiger partial charge in [0.05, 0.1) is 24.9 Å². The van der Waals surface area contributed by atoms with Gasteiger partial charge in [-0.15, -0.1) is 0 Å². The molecule has 1 atom stereocenters. The van der Waals surface area contributed by atoms with Crippen LogP contribution in [-0.2, 0) is 11.3 Å². The minimum absolute atomic E-state index is 0.0496. The van der Waals surface area contributed by atoms with Crippen LogP contribution in [0.5, 0.6) is 0 Å². The molecule has 1 amide bonds. The first-order valence-electron chi connectivity index (χ1n) is 11.5. The summed E-state index contributed by atoms with van der Waals surface area (Å²) in [6.07, 6.45) is 3.62. The Bertz CT molecular complexity index is 1120. The van der Waals surface area contributed by atoms with Crippen LogP contribution >= 0.6 is 11.6 Å². The number of amides is 1. The van der Waals surface area contributed by atoms with E-state index >= 15 is 0 Å². The number of hydrogen-bond acceptors (Lipinski definition) is 5. The number of aromatic nitrogens is 2. The van der Waals surface area contributed by atoms with E-state index in [0.717, 1.165) is 69.1 Å². The highest BCUT2D eigenvalue weighted by Gasteiger charge is 2.31. The van der Waals surface area contributed by atoms with Gasteiger partial charge in [-0.1, -0.05) is 35.9 Å². The van der Waals surface area contributed by atoms with Gasteiger partial charge in [-0.05, 0) is 48.7 Å². The summed E-state index contributed by atoms with van der Waals surface area (Å²) in [5.41, 5.74) is 3.68. The van der Waals surface area contributed by atoms with E-state index in [2.05, 4.69) is 22.0 Å². The predicted octanol–water partition coefficient (Wildman–Crippen LogP) is 4.61. The van der Waals surface area contributed by atoms with Crippen molar-refractivity contribution in [2.24, 2.45) is 0 Å². The third-order valence-electron chi connectivity index (χ3n) is 6.33. The Morgan fingerprint density at radius 2 is 1.88 bits per heavy atom. The highest BCUT2D eigenvalue weighted by Crippen LogP contribution is 2.33. The molecular weight excluding hydrogens is 436 g/mol. The van der Waals surface area contributed by atoms with Gasteiger partial charge in [0.1, 0.15) is 0 Å². The van der Waals surface area contributed by atoms with Crippen LogP contribution in [0.15, 0.2) is 60.8 Å². The molecule has 3 aromatic rings. The van der Waals surface area contributed by atoms with Crippen LogP contribution in [0.2, 0.25) is 5.02 Å². The summed E-state index contributed by atoms with van der Waals surface area (Å²) in [5.74, 6) is 0.681. The van der Waals surface area contributed by atoms with Crippen LogP contribution in [0.1, 0.15) is 40.5 Å². The molecule has 2 aromatic carbocycles. The van der Waals surface area contributed by atoms with Crippen molar-refractivity contribution in [1.82, 2.24) is 19.8 Å². The lowest BCUT2D eigenvalue weighted by Gasteiger charge is -2.27. The van der Waals surface area contributed by atoms with Crippen LogP contribution in [0, 0.1) is 0 Å². The van der Waals surface area contributed by atoms with Crippen LogP contribution in [0.3, 0.4) is 0 Å². The largest absolute Gasteiger partial charge is 0.379 e. The molecule has 0 saturated carbocycles. The van der Waals surface area contributed by atoms with Crippen molar-refractivity contribution in [3.05, 3.63) is 82.6 Å². The van der Waals surface area contributed by atoms with Crippen molar-refractivity contribution in [2.45, 2.75) is 25.4 Å². The van der Waals surface area contributed by atoms with E-state index in [1.165, 1.54) is 5.56 Å². The average Bonchev–Trinajstić information content (AvgIpc) is 3.35. The molecule has 0 bridgehead atoms. The summed E-state index contributed by atoms with van der Waals surface area (Å²) in [6, 6.07) is 17.4. The second-order valence-corrected chi connectivity index (χ2v) is 8.99. The third kappa shape index (κ3) is 5.08. The molecular formula is C26H27ClN4O2. The van der Waals surface area contributed by atoms with E-state index < -0.39 is 0 Å². The Balaban J connectivity index is 1.31. The number of carbonyl (C=O) groups excluding carboxylic acids is 1. The van der Waals surface area contributed by atoms with Gasteiger partial charge in [-0.3, -0.25) is 9.69 Å². The first-order chi connectivity index (χ1) is 16.2. The highest BCUT2D eigenvalue weighted by atomic mass is 35.5. The Morgan fingerprint density at radius 3 is 2.67 bits per heavy atom. The standard InChI is InChI=1S/C26H27ClN4O2/c27-22-4-1-3-21(17-22)25-28-11-10-23(29-25)24-5-2-12-31(24)26(32)20-8-6-19(7-9-20)18-30-13-15-33-16-14-30/h1,3-4,6-11,17,24H,2,5,12-16,18H2/t24-/m0/s1. The molecule has 0 N–H and O–H groups in total. The molecule has 1 aromatic heterocycles. The minimum Gasteiger partial charge on any atom is -0.379 e. The molecule has 0 aliphatic carbocycles. The Morgan fingerprint density at radius 1 is 1.06 bits per heavy atom. The normalized spacial score (nSPS) is 19.1. The summed E-state index contributed by atoms with van der Waals surface area (Å²) in [6.45, 7) is 5.09. The van der Waals surface area contributed by atoms with Crippen molar-refractivity contribution in [1.29, 1.82) is 0 Å². The number of nitrogens with zero attached hydrogens (tertiary/aromatic N) is 4. The number of morpholine rings is 1. The monoisotopic (exact) mass is 462 g/mol. The quantitative estimate of drug-likeness (QED) is 0.554. The van der Waals surface area contributed by atoms with Crippen LogP contribution in [0.25, 0.3) is 11.4 Å². The molecule has 3 heterocycles. The summed E-state index contributed by atoms with van der Waals surface area (Å²) >= 11 is 6.14. The fourth-order valence-electron chi connectivity index (χ4n) is 4.58. The molecule has 2 fully saturated rings. The molecule has 0 radical (unpaired) electrons. The second kappa shape index (κ2) is 10.00. The Hall–Kier alpha value is -2.80. The van der Waals surface area contributed by atoms with E-state index in [1.54, 1.807) is 6.20 Å². The molecule has 2 aliphatic heterocycles. The zero-order valence-electron chi connectivity index (χ0n) is 18.5. The molecule has 7 heteroatoms. The molecule has 2 aliphatic rings. The fourth-order valence-corrected chi connectivity index (χ4v) is 4.77. The summed E-state index contributed by atoms with van der Waals surface area (Å²) in [7, 11) is 0. The Labute approximate surface area is 199 Å².